The fraction of sp³-hybridized carbons (Fsp3) is 0.583. The second-order valence-corrected chi connectivity index (χ2v) is 5.42. The first-order valence-corrected chi connectivity index (χ1v) is 7.00. The third kappa shape index (κ3) is 2.87. The largest absolute Gasteiger partial charge is 0.335 e. The average molecular weight is 267 g/mol. The Morgan fingerprint density at radius 3 is 2.94 bits per heavy atom. The SMILES string of the molecule is CC(=O)Nc1nc(C(=O)N2CCCC[C@H]2C)cs1. The molecule has 1 aromatic heterocycles. The molecule has 0 unspecified atom stereocenters. The van der Waals surface area contributed by atoms with E-state index in [9.17, 15) is 9.59 Å². The molecule has 6 heteroatoms. The van der Waals surface area contributed by atoms with E-state index >= 15 is 0 Å². The molecule has 5 nitrogen and oxygen atoms in total. The predicted molar refractivity (Wildman–Crippen MR) is 70.8 cm³/mol. The van der Waals surface area contributed by atoms with Crippen LogP contribution in [0.4, 0.5) is 5.13 Å². The van der Waals surface area contributed by atoms with Crippen LogP contribution in [0.5, 0.6) is 0 Å². The molecule has 1 atom stereocenters. The second kappa shape index (κ2) is 5.48. The van der Waals surface area contributed by atoms with E-state index in [-0.39, 0.29) is 17.9 Å². The monoisotopic (exact) mass is 267 g/mol. The van der Waals surface area contributed by atoms with E-state index in [1.54, 1.807) is 5.38 Å². The molecule has 98 valence electrons. The Bertz CT molecular complexity index is 458. The summed E-state index contributed by atoms with van der Waals surface area (Å²) >= 11 is 1.28. The highest BCUT2D eigenvalue weighted by Crippen LogP contribution is 2.21. The Balaban J connectivity index is 2.08. The number of anilines is 1. The minimum atomic E-state index is -0.172. The van der Waals surface area contributed by atoms with Crippen LogP contribution in [0.15, 0.2) is 5.38 Å². The molecule has 0 aliphatic carbocycles. The van der Waals surface area contributed by atoms with Crippen molar-refractivity contribution in [2.45, 2.75) is 39.2 Å². The van der Waals surface area contributed by atoms with Gasteiger partial charge in [0.2, 0.25) is 5.91 Å². The first kappa shape index (κ1) is 13.0. The van der Waals surface area contributed by atoms with Crippen LogP contribution in [0.2, 0.25) is 0 Å². The molecule has 1 N–H and O–H groups in total. The standard InChI is InChI=1S/C12H17N3O2S/c1-8-5-3-4-6-15(8)11(17)10-7-18-12(14-10)13-9(2)16/h7-8H,3-6H2,1-2H3,(H,13,14,16)/t8-/m1/s1. The normalized spacial score (nSPS) is 19.7. The van der Waals surface area contributed by atoms with Crippen LogP contribution in [-0.4, -0.2) is 34.3 Å². The van der Waals surface area contributed by atoms with Crippen LogP contribution >= 0.6 is 11.3 Å². The van der Waals surface area contributed by atoms with Crippen molar-refractivity contribution in [1.82, 2.24) is 9.88 Å². The zero-order valence-corrected chi connectivity index (χ0v) is 11.4. The molecule has 2 rings (SSSR count). The van der Waals surface area contributed by atoms with Crippen LogP contribution in [0.3, 0.4) is 0 Å². The fourth-order valence-electron chi connectivity index (χ4n) is 2.13. The maximum absolute atomic E-state index is 12.3. The van der Waals surface area contributed by atoms with Gasteiger partial charge >= 0.3 is 0 Å². The second-order valence-electron chi connectivity index (χ2n) is 4.56. The van der Waals surface area contributed by atoms with Crippen molar-refractivity contribution in [3.63, 3.8) is 0 Å². The molecule has 0 spiro atoms. The summed E-state index contributed by atoms with van der Waals surface area (Å²) < 4.78 is 0. The van der Waals surface area contributed by atoms with Crippen molar-refractivity contribution in [3.05, 3.63) is 11.1 Å². The molecule has 1 fully saturated rings. The number of thiazole rings is 1. The molecule has 2 amide bonds. The summed E-state index contributed by atoms with van der Waals surface area (Å²) in [6, 6.07) is 0.275. The fourth-order valence-corrected chi connectivity index (χ4v) is 2.86. The van der Waals surface area contributed by atoms with Gasteiger partial charge in [-0.1, -0.05) is 0 Å². The summed E-state index contributed by atoms with van der Waals surface area (Å²) in [7, 11) is 0. The minimum absolute atomic E-state index is 0.0324. The van der Waals surface area contributed by atoms with E-state index < -0.39 is 0 Å². The molecular weight excluding hydrogens is 250 g/mol. The lowest BCUT2D eigenvalue weighted by Gasteiger charge is -2.32. The number of amides is 2. The molecule has 0 saturated carbocycles. The third-order valence-electron chi connectivity index (χ3n) is 3.07. The van der Waals surface area contributed by atoms with Gasteiger partial charge in [0.1, 0.15) is 5.69 Å². The Kier molecular flexibility index (Phi) is 3.96. The van der Waals surface area contributed by atoms with E-state index in [2.05, 4.69) is 17.2 Å². The topological polar surface area (TPSA) is 62.3 Å². The number of likely N-dealkylation sites (tertiary alicyclic amines) is 1. The van der Waals surface area contributed by atoms with Gasteiger partial charge in [-0.05, 0) is 26.2 Å². The number of piperidine rings is 1. The van der Waals surface area contributed by atoms with Crippen molar-refractivity contribution in [2.75, 3.05) is 11.9 Å². The summed E-state index contributed by atoms with van der Waals surface area (Å²) in [5, 5.41) is 4.78. The van der Waals surface area contributed by atoms with Crippen LogP contribution in [-0.2, 0) is 4.79 Å². The van der Waals surface area contributed by atoms with E-state index in [1.807, 2.05) is 4.90 Å². The zero-order chi connectivity index (χ0) is 13.1. The van der Waals surface area contributed by atoms with Crippen LogP contribution in [0.1, 0.15) is 43.6 Å². The lowest BCUT2D eigenvalue weighted by atomic mass is 10.0. The molecule has 1 aromatic rings. The average Bonchev–Trinajstić information content (AvgIpc) is 2.76. The maximum atomic E-state index is 12.3. The summed E-state index contributed by atoms with van der Waals surface area (Å²) in [6.07, 6.45) is 3.28. The van der Waals surface area contributed by atoms with Gasteiger partial charge in [-0.3, -0.25) is 9.59 Å². The van der Waals surface area contributed by atoms with Crippen molar-refractivity contribution in [2.24, 2.45) is 0 Å². The van der Waals surface area contributed by atoms with Gasteiger partial charge in [-0.2, -0.15) is 0 Å². The molecule has 1 saturated heterocycles. The van der Waals surface area contributed by atoms with Crippen molar-refractivity contribution in [3.8, 4) is 0 Å². The maximum Gasteiger partial charge on any atom is 0.273 e. The van der Waals surface area contributed by atoms with Gasteiger partial charge in [-0.25, -0.2) is 4.98 Å². The molecule has 0 radical (unpaired) electrons. The highest BCUT2D eigenvalue weighted by molar-refractivity contribution is 7.14. The molecule has 18 heavy (non-hydrogen) atoms. The van der Waals surface area contributed by atoms with E-state index in [4.69, 9.17) is 0 Å². The minimum Gasteiger partial charge on any atom is -0.335 e. The van der Waals surface area contributed by atoms with Crippen LogP contribution in [0, 0.1) is 0 Å². The van der Waals surface area contributed by atoms with Crippen molar-refractivity contribution < 1.29 is 9.59 Å². The zero-order valence-electron chi connectivity index (χ0n) is 10.6. The van der Waals surface area contributed by atoms with E-state index in [0.717, 1.165) is 19.4 Å². The summed E-state index contributed by atoms with van der Waals surface area (Å²) in [5.41, 5.74) is 0.428. The van der Waals surface area contributed by atoms with Gasteiger partial charge in [-0.15, -0.1) is 11.3 Å². The summed E-state index contributed by atoms with van der Waals surface area (Å²) in [6.45, 7) is 4.29. The van der Waals surface area contributed by atoms with E-state index in [0.29, 0.717) is 10.8 Å². The first-order chi connectivity index (χ1) is 8.58. The lowest BCUT2D eigenvalue weighted by Crippen LogP contribution is -2.42. The number of carbonyl (C=O) groups excluding carboxylic acids is 2. The highest BCUT2D eigenvalue weighted by atomic mass is 32.1. The van der Waals surface area contributed by atoms with Crippen molar-refractivity contribution in [1.29, 1.82) is 0 Å². The number of nitrogens with zero attached hydrogens (tertiary/aromatic N) is 2. The number of rotatable bonds is 2. The molecular formula is C12H17N3O2S. The Hall–Kier alpha value is -1.43. The van der Waals surface area contributed by atoms with Gasteiger partial charge < -0.3 is 10.2 Å². The molecule has 0 aromatic carbocycles. The number of hydrogen-bond acceptors (Lipinski definition) is 4. The Morgan fingerprint density at radius 2 is 2.28 bits per heavy atom. The number of aromatic nitrogens is 1. The van der Waals surface area contributed by atoms with Crippen molar-refractivity contribution >= 4 is 28.3 Å². The van der Waals surface area contributed by atoms with Gasteiger partial charge in [0.15, 0.2) is 5.13 Å². The molecule has 1 aliphatic rings. The quantitative estimate of drug-likeness (QED) is 0.892. The van der Waals surface area contributed by atoms with Gasteiger partial charge in [0, 0.05) is 24.9 Å². The van der Waals surface area contributed by atoms with E-state index in [1.165, 1.54) is 24.7 Å². The first-order valence-electron chi connectivity index (χ1n) is 6.12. The van der Waals surface area contributed by atoms with Gasteiger partial charge in [0.25, 0.3) is 5.91 Å². The summed E-state index contributed by atoms with van der Waals surface area (Å²) in [5.74, 6) is -0.204. The highest BCUT2D eigenvalue weighted by Gasteiger charge is 2.25. The van der Waals surface area contributed by atoms with Crippen LogP contribution < -0.4 is 5.32 Å². The molecule has 0 bridgehead atoms. The Morgan fingerprint density at radius 1 is 1.50 bits per heavy atom. The smallest absolute Gasteiger partial charge is 0.273 e. The lowest BCUT2D eigenvalue weighted by molar-refractivity contribution is -0.114. The number of carbonyl (C=O) groups is 2. The van der Waals surface area contributed by atoms with Crippen LogP contribution in [0.25, 0.3) is 0 Å². The number of hydrogen-bond donors (Lipinski definition) is 1. The Labute approximate surface area is 110 Å². The molecule has 1 aliphatic heterocycles. The molecule has 2 heterocycles. The predicted octanol–water partition coefficient (Wildman–Crippen LogP) is 2.12. The number of nitrogens with one attached hydrogen (secondary N) is 1. The third-order valence-corrected chi connectivity index (χ3v) is 3.83. The summed E-state index contributed by atoms with van der Waals surface area (Å²) in [4.78, 5) is 29.2. The van der Waals surface area contributed by atoms with Gasteiger partial charge in [0.05, 0.1) is 0 Å².